The maximum absolute atomic E-state index is 5.05. The largest absolute Gasteiger partial charge is 0.384 e. The molecule has 0 fully saturated rings. The molecule has 0 aromatic rings. The zero-order valence-corrected chi connectivity index (χ0v) is 13.7. The fourth-order valence-corrected chi connectivity index (χ4v) is 3.62. The van der Waals surface area contributed by atoms with Crippen molar-refractivity contribution in [2.75, 3.05) is 37.2 Å². The molecule has 0 heterocycles. The molecule has 2 atom stereocenters. The lowest BCUT2D eigenvalue weighted by atomic mass is 9.90. The third-order valence-corrected chi connectivity index (χ3v) is 4.85. The highest BCUT2D eigenvalue weighted by Crippen LogP contribution is 2.23. The smallest absolute Gasteiger partial charge is 0.0552 e. The van der Waals surface area contributed by atoms with Gasteiger partial charge in [-0.3, -0.25) is 0 Å². The van der Waals surface area contributed by atoms with Gasteiger partial charge in [0.1, 0.15) is 0 Å². The van der Waals surface area contributed by atoms with Crippen molar-refractivity contribution in [3.05, 3.63) is 0 Å². The zero-order chi connectivity index (χ0) is 12.9. The molecule has 1 nitrogen and oxygen atoms in total. The van der Waals surface area contributed by atoms with E-state index in [0.717, 1.165) is 24.2 Å². The average Bonchev–Trinajstić information content (AvgIpc) is 2.34. The van der Waals surface area contributed by atoms with Crippen LogP contribution in [-0.2, 0) is 4.74 Å². The van der Waals surface area contributed by atoms with Gasteiger partial charge in [-0.15, -0.1) is 0 Å². The van der Waals surface area contributed by atoms with Gasteiger partial charge < -0.3 is 4.74 Å². The number of ether oxygens (including phenoxy) is 1. The van der Waals surface area contributed by atoms with E-state index in [1.54, 1.807) is 7.11 Å². The Balaban J connectivity index is 3.49. The molecule has 0 aliphatic heterocycles. The molecule has 0 radical (unpaired) electrons. The van der Waals surface area contributed by atoms with E-state index in [1.807, 2.05) is 23.5 Å². The van der Waals surface area contributed by atoms with Crippen LogP contribution in [0.15, 0.2) is 0 Å². The second-order valence-corrected chi connectivity index (χ2v) is 7.00. The predicted octanol–water partition coefficient (Wildman–Crippen LogP) is 4.56. The molecule has 0 N–H and O–H groups in total. The SMILES string of the molecule is CCC(CCSC)CC(C)CCSCCOC. The Hall–Kier alpha value is 0.660. The lowest BCUT2D eigenvalue weighted by Gasteiger charge is -2.19. The highest BCUT2D eigenvalue weighted by atomic mass is 32.2. The van der Waals surface area contributed by atoms with E-state index in [0.29, 0.717) is 0 Å². The Morgan fingerprint density at radius 3 is 2.47 bits per heavy atom. The van der Waals surface area contributed by atoms with Crippen LogP contribution < -0.4 is 0 Å². The summed E-state index contributed by atoms with van der Waals surface area (Å²) in [5.41, 5.74) is 0. The topological polar surface area (TPSA) is 9.23 Å². The van der Waals surface area contributed by atoms with Crippen molar-refractivity contribution in [1.82, 2.24) is 0 Å². The van der Waals surface area contributed by atoms with Crippen LogP contribution in [0.5, 0.6) is 0 Å². The molecule has 0 rings (SSSR count). The summed E-state index contributed by atoms with van der Waals surface area (Å²) in [6, 6.07) is 0. The molecule has 2 unspecified atom stereocenters. The van der Waals surface area contributed by atoms with E-state index < -0.39 is 0 Å². The first-order valence-corrected chi connectivity index (χ1v) is 9.35. The van der Waals surface area contributed by atoms with Crippen LogP contribution in [0.25, 0.3) is 0 Å². The first-order chi connectivity index (χ1) is 8.24. The minimum absolute atomic E-state index is 0.886. The Bertz CT molecular complexity index is 153. The van der Waals surface area contributed by atoms with Crippen molar-refractivity contribution >= 4 is 23.5 Å². The van der Waals surface area contributed by atoms with Gasteiger partial charge in [0, 0.05) is 12.9 Å². The van der Waals surface area contributed by atoms with Crippen molar-refractivity contribution in [3.63, 3.8) is 0 Å². The van der Waals surface area contributed by atoms with Crippen LogP contribution in [0.1, 0.15) is 39.5 Å². The van der Waals surface area contributed by atoms with Crippen LogP contribution in [0.2, 0.25) is 0 Å². The number of hydrogen-bond acceptors (Lipinski definition) is 3. The molecule has 104 valence electrons. The molecule has 0 aromatic carbocycles. The summed E-state index contributed by atoms with van der Waals surface area (Å²) < 4.78 is 5.05. The molecule has 0 saturated heterocycles. The van der Waals surface area contributed by atoms with Gasteiger partial charge in [0.05, 0.1) is 6.61 Å². The lowest BCUT2D eigenvalue weighted by molar-refractivity contribution is 0.218. The summed E-state index contributed by atoms with van der Waals surface area (Å²) in [6.07, 6.45) is 7.75. The van der Waals surface area contributed by atoms with Gasteiger partial charge in [0.15, 0.2) is 0 Å². The normalized spacial score (nSPS) is 14.8. The average molecular weight is 279 g/mol. The van der Waals surface area contributed by atoms with Crippen molar-refractivity contribution in [3.8, 4) is 0 Å². The fraction of sp³-hybridized carbons (Fsp3) is 1.00. The fourth-order valence-electron chi connectivity index (χ4n) is 1.99. The Morgan fingerprint density at radius 2 is 1.88 bits per heavy atom. The number of hydrogen-bond donors (Lipinski definition) is 0. The standard InChI is InChI=1S/C14H30OS2/c1-5-14(7-9-16-4)12-13(2)6-10-17-11-8-15-3/h13-14H,5-12H2,1-4H3. The van der Waals surface area contributed by atoms with Crippen molar-refractivity contribution in [2.45, 2.75) is 39.5 Å². The maximum Gasteiger partial charge on any atom is 0.0552 e. The zero-order valence-electron chi connectivity index (χ0n) is 12.0. The Labute approximate surface area is 117 Å². The van der Waals surface area contributed by atoms with E-state index in [9.17, 15) is 0 Å². The summed E-state index contributed by atoms with van der Waals surface area (Å²) in [5.74, 6) is 5.60. The van der Waals surface area contributed by atoms with Gasteiger partial charge in [-0.25, -0.2) is 0 Å². The Kier molecular flexibility index (Phi) is 13.6. The minimum atomic E-state index is 0.886. The van der Waals surface area contributed by atoms with Gasteiger partial charge in [0.2, 0.25) is 0 Å². The molecule has 3 heteroatoms. The van der Waals surface area contributed by atoms with Gasteiger partial charge in [-0.05, 0) is 48.9 Å². The number of rotatable bonds is 12. The first-order valence-electron chi connectivity index (χ1n) is 6.80. The van der Waals surface area contributed by atoms with Crippen LogP contribution in [-0.4, -0.2) is 37.2 Å². The summed E-state index contributed by atoms with van der Waals surface area (Å²) in [4.78, 5) is 0. The molecule has 17 heavy (non-hydrogen) atoms. The molecular formula is C14H30OS2. The summed E-state index contributed by atoms with van der Waals surface area (Å²) in [5, 5.41) is 0. The molecule has 0 saturated carbocycles. The van der Waals surface area contributed by atoms with Gasteiger partial charge in [-0.2, -0.15) is 23.5 Å². The number of methoxy groups -OCH3 is 1. The van der Waals surface area contributed by atoms with Crippen LogP contribution in [0.4, 0.5) is 0 Å². The highest BCUT2D eigenvalue weighted by Gasteiger charge is 2.11. The van der Waals surface area contributed by atoms with Crippen LogP contribution >= 0.6 is 23.5 Å². The van der Waals surface area contributed by atoms with Crippen molar-refractivity contribution in [1.29, 1.82) is 0 Å². The predicted molar refractivity (Wildman–Crippen MR) is 84.4 cm³/mol. The minimum Gasteiger partial charge on any atom is -0.384 e. The van der Waals surface area contributed by atoms with E-state index in [4.69, 9.17) is 4.74 Å². The third kappa shape index (κ3) is 11.5. The second-order valence-electron chi connectivity index (χ2n) is 4.79. The molecule has 0 aliphatic carbocycles. The van der Waals surface area contributed by atoms with E-state index >= 15 is 0 Å². The van der Waals surface area contributed by atoms with E-state index in [2.05, 4.69) is 20.1 Å². The summed E-state index contributed by atoms with van der Waals surface area (Å²) >= 11 is 4.01. The monoisotopic (exact) mass is 278 g/mol. The molecule has 0 aliphatic rings. The number of thioether (sulfide) groups is 2. The first kappa shape index (κ1) is 17.7. The second kappa shape index (κ2) is 13.1. The van der Waals surface area contributed by atoms with Gasteiger partial charge in [-0.1, -0.05) is 20.3 Å². The van der Waals surface area contributed by atoms with E-state index in [1.165, 1.54) is 37.2 Å². The van der Waals surface area contributed by atoms with Crippen molar-refractivity contribution in [2.24, 2.45) is 11.8 Å². The summed E-state index contributed by atoms with van der Waals surface area (Å²) in [6.45, 7) is 5.65. The molecule has 0 bridgehead atoms. The summed E-state index contributed by atoms with van der Waals surface area (Å²) in [7, 11) is 1.78. The van der Waals surface area contributed by atoms with Crippen LogP contribution in [0, 0.1) is 11.8 Å². The molecular weight excluding hydrogens is 248 g/mol. The molecule has 0 amide bonds. The lowest BCUT2D eigenvalue weighted by Crippen LogP contribution is -2.08. The van der Waals surface area contributed by atoms with Gasteiger partial charge in [0.25, 0.3) is 0 Å². The highest BCUT2D eigenvalue weighted by molar-refractivity contribution is 7.99. The van der Waals surface area contributed by atoms with Gasteiger partial charge >= 0.3 is 0 Å². The Morgan fingerprint density at radius 1 is 1.12 bits per heavy atom. The quantitative estimate of drug-likeness (QED) is 0.484. The third-order valence-electron chi connectivity index (χ3n) is 3.23. The maximum atomic E-state index is 5.05. The molecule has 0 aromatic heterocycles. The van der Waals surface area contributed by atoms with E-state index in [-0.39, 0.29) is 0 Å². The van der Waals surface area contributed by atoms with Crippen LogP contribution in [0.3, 0.4) is 0 Å². The molecule has 0 spiro atoms. The van der Waals surface area contributed by atoms with Crippen molar-refractivity contribution < 1.29 is 4.74 Å².